The standard InChI is InChI=1S/C22H27N5O2S/c1-15(2)11-21(28)26-8-5-16(6-9-26)18-3-4-19(30-18)22(29)25-12-17-14-27-10-7-23-20(27)13-24-17/h3-4,7,10,13-16H,5-6,8-9,11-12H2,1-2H3,(H,25,29). The fourth-order valence-electron chi connectivity index (χ4n) is 3.80. The Labute approximate surface area is 180 Å². The number of hydrogen-bond donors (Lipinski definition) is 1. The van der Waals surface area contributed by atoms with Gasteiger partial charge < -0.3 is 14.6 Å². The van der Waals surface area contributed by atoms with Crippen LogP contribution in [-0.2, 0) is 11.3 Å². The number of rotatable bonds is 6. The predicted octanol–water partition coefficient (Wildman–Crippen LogP) is 3.47. The summed E-state index contributed by atoms with van der Waals surface area (Å²) in [6.07, 6.45) is 9.68. The summed E-state index contributed by atoms with van der Waals surface area (Å²) in [4.78, 5) is 37.3. The van der Waals surface area contributed by atoms with Crippen molar-refractivity contribution in [3.05, 3.63) is 52.4 Å². The van der Waals surface area contributed by atoms with Crippen LogP contribution >= 0.6 is 11.3 Å². The molecule has 4 rings (SSSR count). The van der Waals surface area contributed by atoms with Crippen LogP contribution in [-0.4, -0.2) is 44.2 Å². The van der Waals surface area contributed by atoms with Crippen molar-refractivity contribution in [2.45, 2.75) is 45.6 Å². The summed E-state index contributed by atoms with van der Waals surface area (Å²) in [6.45, 7) is 6.14. The van der Waals surface area contributed by atoms with Crippen LogP contribution in [0.4, 0.5) is 0 Å². The first-order valence-electron chi connectivity index (χ1n) is 10.4. The van der Waals surface area contributed by atoms with Gasteiger partial charge in [-0.05, 0) is 36.8 Å². The van der Waals surface area contributed by atoms with Crippen molar-refractivity contribution in [2.75, 3.05) is 13.1 Å². The fourth-order valence-corrected chi connectivity index (χ4v) is 4.90. The highest BCUT2D eigenvalue weighted by Crippen LogP contribution is 2.33. The molecule has 0 bridgehead atoms. The lowest BCUT2D eigenvalue weighted by Crippen LogP contribution is -2.38. The molecule has 8 heteroatoms. The minimum atomic E-state index is -0.0803. The van der Waals surface area contributed by atoms with Gasteiger partial charge in [-0.3, -0.25) is 14.6 Å². The third-order valence-electron chi connectivity index (χ3n) is 5.45. The SMILES string of the molecule is CC(C)CC(=O)N1CCC(c2ccc(C(=O)NCc3cn4ccnc4cn3)s2)CC1. The molecule has 1 saturated heterocycles. The highest BCUT2D eigenvalue weighted by Gasteiger charge is 2.25. The van der Waals surface area contributed by atoms with E-state index in [2.05, 4.69) is 35.2 Å². The molecule has 1 aliphatic rings. The Hall–Kier alpha value is -2.74. The highest BCUT2D eigenvalue weighted by atomic mass is 32.1. The molecule has 0 radical (unpaired) electrons. The average Bonchev–Trinajstić information content (AvgIpc) is 3.41. The maximum Gasteiger partial charge on any atom is 0.261 e. The first-order valence-corrected chi connectivity index (χ1v) is 11.2. The number of fused-ring (bicyclic) bond motifs is 1. The molecule has 4 heterocycles. The molecular weight excluding hydrogens is 398 g/mol. The molecule has 0 atom stereocenters. The van der Waals surface area contributed by atoms with Crippen molar-refractivity contribution in [3.8, 4) is 0 Å². The molecule has 1 aliphatic heterocycles. The normalized spacial score (nSPS) is 15.1. The van der Waals surface area contributed by atoms with E-state index < -0.39 is 0 Å². The molecule has 158 valence electrons. The zero-order valence-electron chi connectivity index (χ0n) is 17.4. The number of imidazole rings is 1. The quantitative estimate of drug-likeness (QED) is 0.656. The van der Waals surface area contributed by atoms with E-state index in [4.69, 9.17) is 0 Å². The van der Waals surface area contributed by atoms with Gasteiger partial charge in [0.15, 0.2) is 5.65 Å². The molecule has 3 aromatic heterocycles. The van der Waals surface area contributed by atoms with E-state index in [1.807, 2.05) is 27.8 Å². The largest absolute Gasteiger partial charge is 0.346 e. The van der Waals surface area contributed by atoms with Crippen molar-refractivity contribution in [3.63, 3.8) is 0 Å². The lowest BCUT2D eigenvalue weighted by molar-refractivity contribution is -0.133. The Bertz CT molecular complexity index is 1030. The van der Waals surface area contributed by atoms with Crippen LogP contribution in [0.1, 0.15) is 59.3 Å². The summed E-state index contributed by atoms with van der Waals surface area (Å²) in [7, 11) is 0. The van der Waals surface area contributed by atoms with Gasteiger partial charge in [-0.1, -0.05) is 13.8 Å². The summed E-state index contributed by atoms with van der Waals surface area (Å²) in [5, 5.41) is 2.95. The Morgan fingerprint density at radius 3 is 2.80 bits per heavy atom. The van der Waals surface area contributed by atoms with Gasteiger partial charge in [0.05, 0.1) is 23.3 Å². The maximum absolute atomic E-state index is 12.6. The van der Waals surface area contributed by atoms with Crippen molar-refractivity contribution in [1.82, 2.24) is 24.6 Å². The number of thiophene rings is 1. The van der Waals surface area contributed by atoms with Crippen LogP contribution in [0.5, 0.6) is 0 Å². The van der Waals surface area contributed by atoms with Crippen molar-refractivity contribution >= 4 is 28.8 Å². The topological polar surface area (TPSA) is 79.6 Å². The molecule has 0 saturated carbocycles. The number of hydrogen-bond acceptors (Lipinski definition) is 5. The number of nitrogens with one attached hydrogen (secondary N) is 1. The summed E-state index contributed by atoms with van der Waals surface area (Å²) in [5.41, 5.74) is 1.56. The highest BCUT2D eigenvalue weighted by molar-refractivity contribution is 7.14. The second-order valence-corrected chi connectivity index (χ2v) is 9.32. The van der Waals surface area contributed by atoms with Crippen molar-refractivity contribution < 1.29 is 9.59 Å². The van der Waals surface area contributed by atoms with Gasteiger partial charge in [0.25, 0.3) is 5.91 Å². The van der Waals surface area contributed by atoms with Crippen molar-refractivity contribution in [2.24, 2.45) is 5.92 Å². The summed E-state index contributed by atoms with van der Waals surface area (Å²) in [5.74, 6) is 0.996. The van der Waals surface area contributed by atoms with Crippen LogP contribution in [0, 0.1) is 5.92 Å². The van der Waals surface area contributed by atoms with Crippen LogP contribution in [0.25, 0.3) is 5.65 Å². The first kappa shape index (κ1) is 20.5. The molecular formula is C22H27N5O2S. The summed E-state index contributed by atoms with van der Waals surface area (Å²) in [6, 6.07) is 3.96. The van der Waals surface area contributed by atoms with Crippen LogP contribution in [0.15, 0.2) is 36.9 Å². The number of aromatic nitrogens is 3. The lowest BCUT2D eigenvalue weighted by Gasteiger charge is -2.32. The molecule has 3 aromatic rings. The van der Waals surface area contributed by atoms with Gasteiger partial charge >= 0.3 is 0 Å². The third kappa shape index (κ3) is 4.70. The van der Waals surface area contributed by atoms with E-state index >= 15 is 0 Å². The number of nitrogens with zero attached hydrogens (tertiary/aromatic N) is 4. The average molecular weight is 426 g/mol. The first-order chi connectivity index (χ1) is 14.5. The molecule has 30 heavy (non-hydrogen) atoms. The summed E-state index contributed by atoms with van der Waals surface area (Å²) >= 11 is 1.56. The fraction of sp³-hybridized carbons (Fsp3) is 0.455. The molecule has 2 amide bonds. The monoisotopic (exact) mass is 425 g/mol. The number of carbonyl (C=O) groups excluding carboxylic acids is 2. The minimum Gasteiger partial charge on any atom is -0.346 e. The zero-order valence-corrected chi connectivity index (χ0v) is 18.2. The third-order valence-corrected chi connectivity index (χ3v) is 6.69. The van der Waals surface area contributed by atoms with Gasteiger partial charge in [-0.15, -0.1) is 11.3 Å². The molecule has 1 fully saturated rings. The Morgan fingerprint density at radius 1 is 1.23 bits per heavy atom. The molecule has 0 spiro atoms. The van der Waals surface area contributed by atoms with Gasteiger partial charge in [0.2, 0.25) is 5.91 Å². The number of amides is 2. The zero-order chi connectivity index (χ0) is 21.1. The second-order valence-electron chi connectivity index (χ2n) is 8.21. The van der Waals surface area contributed by atoms with Gasteiger partial charge in [0.1, 0.15) is 0 Å². The number of carbonyl (C=O) groups is 2. The van der Waals surface area contributed by atoms with E-state index in [1.54, 1.807) is 23.7 Å². The summed E-state index contributed by atoms with van der Waals surface area (Å²) < 4.78 is 1.88. The van der Waals surface area contributed by atoms with E-state index in [-0.39, 0.29) is 11.8 Å². The van der Waals surface area contributed by atoms with E-state index in [1.165, 1.54) is 4.88 Å². The molecule has 7 nitrogen and oxygen atoms in total. The molecule has 0 unspecified atom stereocenters. The van der Waals surface area contributed by atoms with E-state index in [0.29, 0.717) is 29.7 Å². The second kappa shape index (κ2) is 8.95. The van der Waals surface area contributed by atoms with Crippen LogP contribution in [0.3, 0.4) is 0 Å². The maximum atomic E-state index is 12.6. The van der Waals surface area contributed by atoms with Gasteiger partial charge in [-0.25, -0.2) is 4.98 Å². The molecule has 0 aliphatic carbocycles. The number of piperidine rings is 1. The van der Waals surface area contributed by atoms with Gasteiger partial charge in [0, 0.05) is 43.0 Å². The van der Waals surface area contributed by atoms with E-state index in [9.17, 15) is 9.59 Å². The number of likely N-dealkylation sites (tertiary alicyclic amines) is 1. The van der Waals surface area contributed by atoms with E-state index in [0.717, 1.165) is 37.3 Å². The Morgan fingerprint density at radius 2 is 2.03 bits per heavy atom. The Balaban J connectivity index is 1.30. The van der Waals surface area contributed by atoms with Crippen LogP contribution < -0.4 is 5.32 Å². The van der Waals surface area contributed by atoms with Crippen molar-refractivity contribution in [1.29, 1.82) is 0 Å². The molecule has 1 N–H and O–H groups in total. The molecule has 0 aromatic carbocycles. The Kier molecular flexibility index (Phi) is 6.13. The van der Waals surface area contributed by atoms with Crippen LogP contribution in [0.2, 0.25) is 0 Å². The predicted molar refractivity (Wildman–Crippen MR) is 116 cm³/mol. The minimum absolute atomic E-state index is 0.0803. The lowest BCUT2D eigenvalue weighted by atomic mass is 9.94. The van der Waals surface area contributed by atoms with Gasteiger partial charge in [-0.2, -0.15) is 0 Å². The smallest absolute Gasteiger partial charge is 0.261 e.